The number of carbonyl (C=O) groups is 1. The zero-order chi connectivity index (χ0) is 16.2. The number of hydrogen-bond donors (Lipinski definition) is 1. The number of rotatable bonds is 4. The molecule has 23 heavy (non-hydrogen) atoms. The number of benzene rings is 1. The van der Waals surface area contributed by atoms with Crippen LogP contribution < -0.4 is 5.32 Å². The van der Waals surface area contributed by atoms with Gasteiger partial charge in [-0.15, -0.1) is 0 Å². The van der Waals surface area contributed by atoms with Gasteiger partial charge >= 0.3 is 0 Å². The van der Waals surface area contributed by atoms with Crippen LogP contribution in [0.2, 0.25) is 0 Å². The van der Waals surface area contributed by atoms with Crippen molar-refractivity contribution in [1.82, 2.24) is 15.1 Å². The Hall–Kier alpha value is -1.94. The molecule has 2 aliphatic heterocycles. The van der Waals surface area contributed by atoms with Gasteiger partial charge in [0, 0.05) is 51.9 Å². The van der Waals surface area contributed by atoms with Crippen LogP contribution in [0.1, 0.15) is 15.9 Å². The van der Waals surface area contributed by atoms with Gasteiger partial charge in [-0.3, -0.25) is 9.69 Å². The number of morpholine rings is 2. The fourth-order valence-corrected chi connectivity index (χ4v) is 3.12. The van der Waals surface area contributed by atoms with Crippen molar-refractivity contribution < 1.29 is 9.53 Å². The van der Waals surface area contributed by atoms with Crippen LogP contribution in [0.3, 0.4) is 0 Å². The highest BCUT2D eigenvalue weighted by molar-refractivity contribution is 5.94. The first-order valence-corrected chi connectivity index (χ1v) is 8.00. The normalized spacial score (nSPS) is 24.0. The Labute approximate surface area is 136 Å². The first-order valence-electron chi connectivity index (χ1n) is 8.00. The van der Waals surface area contributed by atoms with Crippen LogP contribution in [0.5, 0.6) is 0 Å². The zero-order valence-electron chi connectivity index (χ0n) is 13.4. The lowest BCUT2D eigenvalue weighted by atomic mass is 10.1. The summed E-state index contributed by atoms with van der Waals surface area (Å²) in [6.07, 6.45) is 0.532. The number of nitriles is 1. The monoisotopic (exact) mass is 314 g/mol. The molecule has 2 unspecified atom stereocenters. The molecule has 122 valence electrons. The second-order valence-electron chi connectivity index (χ2n) is 6.21. The van der Waals surface area contributed by atoms with Gasteiger partial charge in [0.05, 0.1) is 23.8 Å². The Morgan fingerprint density at radius 2 is 2.00 bits per heavy atom. The van der Waals surface area contributed by atoms with Gasteiger partial charge < -0.3 is 15.0 Å². The van der Waals surface area contributed by atoms with Gasteiger partial charge in [0.1, 0.15) is 0 Å². The highest BCUT2D eigenvalue weighted by Crippen LogP contribution is 2.14. The van der Waals surface area contributed by atoms with Crippen molar-refractivity contribution in [3.05, 3.63) is 35.4 Å². The van der Waals surface area contributed by atoms with Crippen molar-refractivity contribution >= 4 is 5.91 Å². The minimum atomic E-state index is -0.00962. The maximum atomic E-state index is 12.4. The molecule has 0 aliphatic carbocycles. The van der Waals surface area contributed by atoms with Crippen LogP contribution >= 0.6 is 0 Å². The van der Waals surface area contributed by atoms with Crippen molar-refractivity contribution in [1.29, 1.82) is 5.26 Å². The molecule has 1 aromatic rings. The quantitative estimate of drug-likeness (QED) is 0.866. The highest BCUT2D eigenvalue weighted by Gasteiger charge is 2.30. The summed E-state index contributed by atoms with van der Waals surface area (Å²) in [7, 11) is 1.82. The van der Waals surface area contributed by atoms with E-state index in [1.54, 1.807) is 29.2 Å². The van der Waals surface area contributed by atoms with Gasteiger partial charge in [-0.25, -0.2) is 0 Å². The Balaban J connectivity index is 1.51. The summed E-state index contributed by atoms with van der Waals surface area (Å²) in [4.78, 5) is 16.5. The second-order valence-corrected chi connectivity index (χ2v) is 6.21. The predicted molar refractivity (Wildman–Crippen MR) is 86.1 cm³/mol. The van der Waals surface area contributed by atoms with Gasteiger partial charge in [0.15, 0.2) is 0 Å². The molecule has 2 heterocycles. The molecule has 0 saturated carbocycles. The average molecular weight is 314 g/mol. The van der Waals surface area contributed by atoms with E-state index < -0.39 is 0 Å². The molecule has 1 aromatic carbocycles. The molecule has 0 radical (unpaired) electrons. The molecule has 0 spiro atoms. The molecule has 3 rings (SSSR count). The van der Waals surface area contributed by atoms with Crippen molar-refractivity contribution in [2.75, 3.05) is 46.3 Å². The number of ether oxygens (including phenoxy) is 1. The van der Waals surface area contributed by atoms with E-state index in [2.05, 4.69) is 16.3 Å². The van der Waals surface area contributed by atoms with Gasteiger partial charge in [0.25, 0.3) is 5.91 Å². The molecule has 0 aromatic heterocycles. The second kappa shape index (κ2) is 7.09. The van der Waals surface area contributed by atoms with Crippen LogP contribution in [-0.2, 0) is 4.74 Å². The van der Waals surface area contributed by atoms with Gasteiger partial charge in [-0.1, -0.05) is 0 Å². The van der Waals surface area contributed by atoms with Gasteiger partial charge in [-0.2, -0.15) is 5.26 Å². The first-order chi connectivity index (χ1) is 11.2. The summed E-state index contributed by atoms with van der Waals surface area (Å²) < 4.78 is 5.89. The number of fused-ring (bicyclic) bond motifs is 2. The average Bonchev–Trinajstić information content (AvgIpc) is 2.59. The van der Waals surface area contributed by atoms with E-state index in [1.807, 2.05) is 7.05 Å². The molecule has 2 aliphatic rings. The number of nitrogens with one attached hydrogen (secondary N) is 1. The van der Waals surface area contributed by atoms with E-state index in [0.717, 1.165) is 32.7 Å². The number of nitrogens with zero attached hydrogens (tertiary/aromatic N) is 3. The molecule has 2 saturated heterocycles. The Bertz CT molecular complexity index is 584. The Morgan fingerprint density at radius 1 is 1.35 bits per heavy atom. The third-order valence-corrected chi connectivity index (χ3v) is 4.41. The number of likely N-dealkylation sites (N-methyl/N-ethyl adjacent to an activating group) is 1. The molecule has 2 atom stereocenters. The van der Waals surface area contributed by atoms with Crippen molar-refractivity contribution in [3.63, 3.8) is 0 Å². The first kappa shape index (κ1) is 15.9. The van der Waals surface area contributed by atoms with Crippen LogP contribution in [0.15, 0.2) is 24.3 Å². The van der Waals surface area contributed by atoms with Crippen molar-refractivity contribution in [3.8, 4) is 6.07 Å². The standard InChI is InChI=1S/C17H22N4O2/c1-20(17(22)14-4-2-13(8-18)3-5-14)6-7-21-11-15-9-19-10-16(12-21)23-15/h2-5,15-16,19H,6-7,9-12H2,1H3. The fraction of sp³-hybridized carbons (Fsp3) is 0.529. The molecule has 2 bridgehead atoms. The molecule has 6 heteroatoms. The smallest absolute Gasteiger partial charge is 0.253 e. The lowest BCUT2D eigenvalue weighted by Crippen LogP contribution is -2.59. The maximum Gasteiger partial charge on any atom is 0.253 e. The SMILES string of the molecule is CN(CCN1CC2CNCC(C1)O2)C(=O)c1ccc(C#N)cc1. The van der Waals surface area contributed by atoms with Crippen LogP contribution in [-0.4, -0.2) is 74.2 Å². The summed E-state index contributed by atoms with van der Waals surface area (Å²) in [6.45, 7) is 5.20. The van der Waals surface area contributed by atoms with E-state index in [4.69, 9.17) is 10.00 Å². The van der Waals surface area contributed by atoms with Crippen molar-refractivity contribution in [2.24, 2.45) is 0 Å². The number of amides is 1. The summed E-state index contributed by atoms with van der Waals surface area (Å²) >= 11 is 0. The Kier molecular flexibility index (Phi) is 4.91. The maximum absolute atomic E-state index is 12.4. The predicted octanol–water partition coefficient (Wildman–Crippen LogP) is 0.303. The zero-order valence-corrected chi connectivity index (χ0v) is 13.4. The number of hydrogen-bond acceptors (Lipinski definition) is 5. The third-order valence-electron chi connectivity index (χ3n) is 4.41. The van der Waals surface area contributed by atoms with Gasteiger partial charge in [-0.05, 0) is 24.3 Å². The van der Waals surface area contributed by atoms with E-state index >= 15 is 0 Å². The summed E-state index contributed by atoms with van der Waals surface area (Å²) in [5.74, 6) is -0.00962. The van der Waals surface area contributed by atoms with Crippen molar-refractivity contribution in [2.45, 2.75) is 12.2 Å². The lowest BCUT2D eigenvalue weighted by Gasteiger charge is -2.42. The van der Waals surface area contributed by atoms with E-state index in [-0.39, 0.29) is 18.1 Å². The van der Waals surface area contributed by atoms with E-state index in [0.29, 0.717) is 17.7 Å². The van der Waals surface area contributed by atoms with E-state index in [9.17, 15) is 4.79 Å². The Morgan fingerprint density at radius 3 is 2.61 bits per heavy atom. The lowest BCUT2D eigenvalue weighted by molar-refractivity contribution is -0.103. The minimum absolute atomic E-state index is 0.00962. The van der Waals surface area contributed by atoms with Crippen LogP contribution in [0, 0.1) is 11.3 Å². The molecular formula is C17H22N4O2. The number of carbonyl (C=O) groups excluding carboxylic acids is 1. The summed E-state index contributed by atoms with van der Waals surface area (Å²) in [6, 6.07) is 8.84. The molecular weight excluding hydrogens is 292 g/mol. The third kappa shape index (κ3) is 3.88. The minimum Gasteiger partial charge on any atom is -0.370 e. The largest absolute Gasteiger partial charge is 0.370 e. The molecule has 6 nitrogen and oxygen atoms in total. The van der Waals surface area contributed by atoms with Crippen LogP contribution in [0.4, 0.5) is 0 Å². The van der Waals surface area contributed by atoms with E-state index in [1.165, 1.54) is 0 Å². The summed E-state index contributed by atoms with van der Waals surface area (Å²) in [5.41, 5.74) is 1.19. The highest BCUT2D eigenvalue weighted by atomic mass is 16.5. The topological polar surface area (TPSA) is 68.6 Å². The van der Waals surface area contributed by atoms with Crippen LogP contribution in [0.25, 0.3) is 0 Å². The molecule has 1 amide bonds. The fourth-order valence-electron chi connectivity index (χ4n) is 3.12. The summed E-state index contributed by atoms with van der Waals surface area (Å²) in [5, 5.41) is 12.2. The molecule has 1 N–H and O–H groups in total. The molecule has 2 fully saturated rings. The van der Waals surface area contributed by atoms with Gasteiger partial charge in [0.2, 0.25) is 0 Å².